The lowest BCUT2D eigenvalue weighted by molar-refractivity contribution is 0.672. The van der Waals surface area contributed by atoms with Crippen LogP contribution >= 0.6 is 0 Å². The number of nitrogens with zero attached hydrogens (tertiary/aromatic N) is 2. The van der Waals surface area contributed by atoms with Gasteiger partial charge in [0.1, 0.15) is 11.2 Å². The van der Waals surface area contributed by atoms with Crippen molar-refractivity contribution >= 4 is 76.3 Å². The van der Waals surface area contributed by atoms with Crippen molar-refractivity contribution in [2.24, 2.45) is 0 Å². The van der Waals surface area contributed by atoms with Gasteiger partial charge in [-0.1, -0.05) is 91.0 Å². The highest BCUT2D eigenvalue weighted by Gasteiger charge is 2.17. The lowest BCUT2D eigenvalue weighted by Gasteiger charge is -2.11. The molecule has 0 amide bonds. The molecule has 0 unspecified atom stereocenters. The number of rotatable bonds is 2. The molecule has 3 heterocycles. The van der Waals surface area contributed by atoms with Crippen LogP contribution in [0.1, 0.15) is 0 Å². The van der Waals surface area contributed by atoms with Gasteiger partial charge in [0.2, 0.25) is 0 Å². The van der Waals surface area contributed by atoms with Crippen molar-refractivity contribution in [3.63, 3.8) is 0 Å². The standard InChI is InChI=1S/C40H24N2O/c1-2-10-28-25(9-1)17-20-34-33-22-19-27(24-39(33)43-40(28)34)42-37-16-8-5-13-31(37)32-21-18-26(23-38(32)42)41-35-14-6-3-11-29(35)30-12-4-7-15-36(30)41/h1-24H. The second kappa shape index (κ2) is 8.37. The first-order valence-corrected chi connectivity index (χ1v) is 14.7. The van der Waals surface area contributed by atoms with Gasteiger partial charge in [0.25, 0.3) is 0 Å². The number of fused-ring (bicyclic) bond motifs is 11. The fraction of sp³-hybridized carbons (Fsp3) is 0. The average molecular weight is 549 g/mol. The van der Waals surface area contributed by atoms with Gasteiger partial charge >= 0.3 is 0 Å². The largest absolute Gasteiger partial charge is 0.455 e. The summed E-state index contributed by atoms with van der Waals surface area (Å²) in [6.45, 7) is 0. The van der Waals surface area contributed by atoms with Gasteiger partial charge in [-0.15, -0.1) is 0 Å². The lowest BCUT2D eigenvalue weighted by atomic mass is 10.1. The SMILES string of the molecule is c1ccc2c(c1)ccc1c3ccc(-n4c5ccccc5c5ccc(-n6c7ccccc7c7ccccc76)cc54)cc3oc21. The number of para-hydroxylation sites is 3. The van der Waals surface area contributed by atoms with Crippen LogP contribution in [0, 0.1) is 0 Å². The van der Waals surface area contributed by atoms with E-state index in [-0.39, 0.29) is 0 Å². The van der Waals surface area contributed by atoms with Crippen molar-refractivity contribution in [3.8, 4) is 11.4 Å². The maximum absolute atomic E-state index is 6.59. The molecule has 200 valence electrons. The van der Waals surface area contributed by atoms with Crippen molar-refractivity contribution in [3.05, 3.63) is 146 Å². The van der Waals surface area contributed by atoms with Crippen molar-refractivity contribution in [2.75, 3.05) is 0 Å². The first kappa shape index (κ1) is 22.8. The lowest BCUT2D eigenvalue weighted by Crippen LogP contribution is -1.96. The van der Waals surface area contributed by atoms with Crippen LogP contribution in [-0.2, 0) is 0 Å². The Morgan fingerprint density at radius 1 is 0.349 bits per heavy atom. The minimum absolute atomic E-state index is 0.897. The van der Waals surface area contributed by atoms with E-state index in [0.29, 0.717) is 0 Å². The minimum atomic E-state index is 0.897. The van der Waals surface area contributed by atoms with Crippen LogP contribution in [0.15, 0.2) is 150 Å². The summed E-state index contributed by atoms with van der Waals surface area (Å²) < 4.78 is 11.4. The maximum Gasteiger partial charge on any atom is 0.143 e. The Morgan fingerprint density at radius 3 is 1.51 bits per heavy atom. The zero-order valence-electron chi connectivity index (χ0n) is 23.2. The van der Waals surface area contributed by atoms with Crippen LogP contribution in [0.2, 0.25) is 0 Å². The summed E-state index contributed by atoms with van der Waals surface area (Å²) >= 11 is 0. The highest BCUT2D eigenvalue weighted by atomic mass is 16.3. The molecule has 43 heavy (non-hydrogen) atoms. The molecule has 3 heteroatoms. The summed E-state index contributed by atoms with van der Waals surface area (Å²) in [5.74, 6) is 0. The van der Waals surface area contributed by atoms with Crippen LogP contribution in [0.5, 0.6) is 0 Å². The molecule has 0 aliphatic rings. The number of hydrogen-bond donors (Lipinski definition) is 0. The van der Waals surface area contributed by atoms with E-state index in [9.17, 15) is 0 Å². The van der Waals surface area contributed by atoms with E-state index in [2.05, 4.69) is 155 Å². The minimum Gasteiger partial charge on any atom is -0.455 e. The van der Waals surface area contributed by atoms with Gasteiger partial charge in [-0.05, 0) is 53.9 Å². The third-order valence-electron chi connectivity index (χ3n) is 9.10. The van der Waals surface area contributed by atoms with Gasteiger partial charge in [0, 0.05) is 55.1 Å². The molecular formula is C40H24N2O. The average Bonchev–Trinajstić information content (AvgIpc) is 3.72. The smallest absolute Gasteiger partial charge is 0.143 e. The van der Waals surface area contributed by atoms with Crippen LogP contribution in [0.4, 0.5) is 0 Å². The molecule has 0 radical (unpaired) electrons. The van der Waals surface area contributed by atoms with Crippen molar-refractivity contribution < 1.29 is 4.42 Å². The number of furan rings is 1. The molecule has 0 aliphatic carbocycles. The number of aromatic nitrogens is 2. The summed E-state index contributed by atoms with van der Waals surface area (Å²) in [6.07, 6.45) is 0. The second-order valence-corrected chi connectivity index (χ2v) is 11.4. The number of benzene rings is 7. The molecule has 0 fully saturated rings. The van der Waals surface area contributed by atoms with E-state index in [1.807, 2.05) is 0 Å². The summed E-state index contributed by atoms with van der Waals surface area (Å²) in [6, 6.07) is 52.4. The Hall–Kier alpha value is -5.80. The van der Waals surface area contributed by atoms with Gasteiger partial charge in [0.05, 0.1) is 22.1 Å². The van der Waals surface area contributed by atoms with E-state index in [0.717, 1.165) is 38.7 Å². The van der Waals surface area contributed by atoms with Crippen LogP contribution in [0.3, 0.4) is 0 Å². The Morgan fingerprint density at radius 2 is 0.837 bits per heavy atom. The van der Waals surface area contributed by atoms with Crippen LogP contribution in [0.25, 0.3) is 87.7 Å². The zero-order chi connectivity index (χ0) is 28.1. The molecule has 0 aliphatic heterocycles. The fourth-order valence-corrected chi connectivity index (χ4v) is 7.21. The summed E-state index contributed by atoms with van der Waals surface area (Å²) in [7, 11) is 0. The van der Waals surface area contributed by atoms with Crippen LogP contribution < -0.4 is 0 Å². The molecule has 10 aromatic rings. The normalized spacial score (nSPS) is 12.2. The summed E-state index contributed by atoms with van der Waals surface area (Å²) in [4.78, 5) is 0. The monoisotopic (exact) mass is 548 g/mol. The van der Waals surface area contributed by atoms with E-state index in [1.165, 1.54) is 49.0 Å². The molecular weight excluding hydrogens is 524 g/mol. The molecule has 0 saturated heterocycles. The van der Waals surface area contributed by atoms with Gasteiger partial charge in [-0.25, -0.2) is 0 Å². The molecule has 0 saturated carbocycles. The third-order valence-corrected chi connectivity index (χ3v) is 9.10. The third kappa shape index (κ3) is 3.08. The van der Waals surface area contributed by atoms with Gasteiger partial charge in [-0.2, -0.15) is 0 Å². The van der Waals surface area contributed by atoms with E-state index >= 15 is 0 Å². The Kier molecular flexibility index (Phi) is 4.45. The fourth-order valence-electron chi connectivity index (χ4n) is 7.21. The molecule has 0 bridgehead atoms. The first-order chi connectivity index (χ1) is 21.3. The molecule has 10 rings (SSSR count). The molecule has 0 spiro atoms. The summed E-state index contributed by atoms with van der Waals surface area (Å²) in [5, 5.41) is 9.62. The highest BCUT2D eigenvalue weighted by Crippen LogP contribution is 2.39. The summed E-state index contributed by atoms with van der Waals surface area (Å²) in [5.41, 5.74) is 8.84. The van der Waals surface area contributed by atoms with Gasteiger partial charge in [-0.3, -0.25) is 0 Å². The Bertz CT molecular complexity index is 2680. The van der Waals surface area contributed by atoms with E-state index in [4.69, 9.17) is 4.42 Å². The first-order valence-electron chi connectivity index (χ1n) is 14.7. The van der Waals surface area contributed by atoms with E-state index in [1.54, 1.807) is 0 Å². The Balaban J connectivity index is 1.27. The van der Waals surface area contributed by atoms with Crippen molar-refractivity contribution in [1.29, 1.82) is 0 Å². The molecule has 0 N–H and O–H groups in total. The Labute approximate surface area is 246 Å². The van der Waals surface area contributed by atoms with Gasteiger partial charge in [0.15, 0.2) is 0 Å². The predicted octanol–water partition coefficient (Wildman–Crippen LogP) is 10.9. The van der Waals surface area contributed by atoms with E-state index < -0.39 is 0 Å². The van der Waals surface area contributed by atoms with Crippen molar-refractivity contribution in [2.45, 2.75) is 0 Å². The van der Waals surface area contributed by atoms with Crippen molar-refractivity contribution in [1.82, 2.24) is 9.13 Å². The predicted molar refractivity (Wildman–Crippen MR) is 180 cm³/mol. The number of hydrogen-bond acceptors (Lipinski definition) is 1. The molecule has 3 nitrogen and oxygen atoms in total. The maximum atomic E-state index is 6.59. The second-order valence-electron chi connectivity index (χ2n) is 11.4. The molecule has 7 aromatic carbocycles. The molecule has 0 atom stereocenters. The molecule has 3 aromatic heterocycles. The topological polar surface area (TPSA) is 23.0 Å². The zero-order valence-corrected chi connectivity index (χ0v) is 23.2. The highest BCUT2D eigenvalue weighted by molar-refractivity contribution is 6.16. The van der Waals surface area contributed by atoms with Crippen LogP contribution in [-0.4, -0.2) is 9.13 Å². The van der Waals surface area contributed by atoms with Gasteiger partial charge < -0.3 is 13.6 Å². The quantitative estimate of drug-likeness (QED) is 0.211.